The van der Waals surface area contributed by atoms with Gasteiger partial charge in [-0.3, -0.25) is 0 Å². The van der Waals surface area contributed by atoms with E-state index in [4.69, 9.17) is 5.11 Å². The number of rotatable bonds is 7. The van der Waals surface area contributed by atoms with Crippen LogP contribution >= 0.6 is 27.3 Å². The molecule has 0 saturated carbocycles. The molecule has 2 aromatic rings. The van der Waals surface area contributed by atoms with Gasteiger partial charge in [-0.2, -0.15) is 0 Å². The molecule has 0 aliphatic heterocycles. The topological polar surface area (TPSA) is 84.2 Å². The number of halogens is 1. The average molecular weight is 380 g/mol. The molecular formula is C11H14BrN3O3S2. The number of thiophene rings is 1. The SMILES string of the molecule is O=S(=O)(NCCCn1ccnc1)c1cc(CO)sc1Br. The molecule has 0 radical (unpaired) electrons. The Hall–Kier alpha value is -0.740. The van der Waals surface area contributed by atoms with E-state index in [1.54, 1.807) is 12.5 Å². The lowest BCUT2D eigenvalue weighted by molar-refractivity contribution is 0.285. The van der Waals surface area contributed by atoms with Crippen LogP contribution in [0.4, 0.5) is 0 Å². The summed E-state index contributed by atoms with van der Waals surface area (Å²) in [5, 5.41) is 9.03. The van der Waals surface area contributed by atoms with Crippen molar-refractivity contribution < 1.29 is 13.5 Å². The van der Waals surface area contributed by atoms with Crippen LogP contribution in [0.2, 0.25) is 0 Å². The minimum Gasteiger partial charge on any atom is -0.391 e. The maximum Gasteiger partial charge on any atom is 0.242 e. The monoisotopic (exact) mass is 379 g/mol. The van der Waals surface area contributed by atoms with Crippen molar-refractivity contribution in [3.8, 4) is 0 Å². The van der Waals surface area contributed by atoms with Crippen LogP contribution < -0.4 is 4.72 Å². The van der Waals surface area contributed by atoms with E-state index in [2.05, 4.69) is 25.6 Å². The lowest BCUT2D eigenvalue weighted by Crippen LogP contribution is -2.25. The van der Waals surface area contributed by atoms with E-state index < -0.39 is 10.0 Å². The first-order valence-electron chi connectivity index (χ1n) is 5.87. The number of hydrogen-bond donors (Lipinski definition) is 2. The predicted molar refractivity (Wildman–Crippen MR) is 80.0 cm³/mol. The standard InChI is InChI=1S/C11H14BrN3O3S2/c12-11-10(6-9(7-16)19-11)20(17,18)14-2-1-4-15-5-3-13-8-15/h3,5-6,8,14,16H,1-2,4,7H2. The zero-order valence-corrected chi connectivity index (χ0v) is 13.7. The molecule has 20 heavy (non-hydrogen) atoms. The van der Waals surface area contributed by atoms with Crippen LogP contribution in [0.15, 0.2) is 33.5 Å². The average Bonchev–Trinajstić information content (AvgIpc) is 3.04. The third-order valence-electron chi connectivity index (χ3n) is 2.60. The van der Waals surface area contributed by atoms with Crippen LogP contribution in [0.3, 0.4) is 0 Å². The summed E-state index contributed by atoms with van der Waals surface area (Å²) in [6.45, 7) is 0.881. The number of nitrogens with one attached hydrogen (secondary N) is 1. The van der Waals surface area contributed by atoms with E-state index in [1.165, 1.54) is 17.4 Å². The summed E-state index contributed by atoms with van der Waals surface area (Å²) in [5.41, 5.74) is 0. The van der Waals surface area contributed by atoms with Crippen LogP contribution in [0.5, 0.6) is 0 Å². The summed E-state index contributed by atoms with van der Waals surface area (Å²) >= 11 is 4.42. The molecule has 0 aromatic carbocycles. The van der Waals surface area contributed by atoms with Crippen molar-refractivity contribution in [1.82, 2.24) is 14.3 Å². The Morgan fingerprint density at radius 3 is 2.90 bits per heavy atom. The van der Waals surface area contributed by atoms with Gasteiger partial charge in [0.2, 0.25) is 10.0 Å². The van der Waals surface area contributed by atoms with E-state index in [0.717, 1.165) is 0 Å². The van der Waals surface area contributed by atoms with E-state index in [1.807, 2.05) is 10.8 Å². The lowest BCUT2D eigenvalue weighted by atomic mass is 10.4. The smallest absolute Gasteiger partial charge is 0.242 e. The van der Waals surface area contributed by atoms with Crippen molar-refractivity contribution >= 4 is 37.3 Å². The number of aliphatic hydroxyl groups is 1. The highest BCUT2D eigenvalue weighted by Gasteiger charge is 2.20. The van der Waals surface area contributed by atoms with Crippen LogP contribution in [0, 0.1) is 0 Å². The number of aromatic nitrogens is 2. The molecule has 0 spiro atoms. The number of hydrogen-bond acceptors (Lipinski definition) is 5. The zero-order valence-electron chi connectivity index (χ0n) is 10.5. The largest absolute Gasteiger partial charge is 0.391 e. The second-order valence-corrected chi connectivity index (χ2v) is 8.25. The number of aryl methyl sites for hydroxylation is 1. The van der Waals surface area contributed by atoms with E-state index in [0.29, 0.717) is 28.2 Å². The molecule has 110 valence electrons. The molecule has 9 heteroatoms. The summed E-state index contributed by atoms with van der Waals surface area (Å²) < 4.78 is 29.2. The molecule has 0 unspecified atom stereocenters. The van der Waals surface area contributed by atoms with Gasteiger partial charge in [0.15, 0.2) is 0 Å². The Morgan fingerprint density at radius 2 is 2.30 bits per heavy atom. The molecule has 2 heterocycles. The molecule has 0 aliphatic carbocycles. The van der Waals surface area contributed by atoms with E-state index in [9.17, 15) is 8.42 Å². The van der Waals surface area contributed by atoms with Crippen molar-refractivity contribution in [3.63, 3.8) is 0 Å². The minimum absolute atomic E-state index is 0.167. The molecule has 0 aliphatic rings. The van der Waals surface area contributed by atoms with Gasteiger partial charge in [-0.15, -0.1) is 11.3 Å². The van der Waals surface area contributed by atoms with Crippen LogP contribution in [0.1, 0.15) is 11.3 Å². The highest BCUT2D eigenvalue weighted by molar-refractivity contribution is 9.11. The highest BCUT2D eigenvalue weighted by atomic mass is 79.9. The Morgan fingerprint density at radius 1 is 1.50 bits per heavy atom. The third-order valence-corrected chi connectivity index (χ3v) is 6.29. The molecule has 2 N–H and O–H groups in total. The van der Waals surface area contributed by atoms with Crippen molar-refractivity contribution in [1.29, 1.82) is 0 Å². The number of imidazole rings is 1. The summed E-state index contributed by atoms with van der Waals surface area (Å²) in [4.78, 5) is 4.70. The van der Waals surface area contributed by atoms with E-state index in [-0.39, 0.29) is 11.5 Å². The third kappa shape index (κ3) is 3.89. The first kappa shape index (κ1) is 15.6. The van der Waals surface area contributed by atoms with Gasteiger partial charge >= 0.3 is 0 Å². The number of sulfonamides is 1. The normalized spacial score (nSPS) is 11.9. The molecule has 0 saturated heterocycles. The summed E-state index contributed by atoms with van der Waals surface area (Å²) in [5.74, 6) is 0. The fraction of sp³-hybridized carbons (Fsp3) is 0.364. The summed E-state index contributed by atoms with van der Waals surface area (Å²) in [6, 6.07) is 1.48. The van der Waals surface area contributed by atoms with Gasteiger partial charge < -0.3 is 9.67 Å². The minimum atomic E-state index is -3.54. The zero-order chi connectivity index (χ0) is 14.6. The van der Waals surface area contributed by atoms with Crippen molar-refractivity contribution in [2.45, 2.75) is 24.5 Å². The van der Waals surface area contributed by atoms with Gasteiger partial charge in [-0.25, -0.2) is 18.1 Å². The quantitative estimate of drug-likeness (QED) is 0.715. The van der Waals surface area contributed by atoms with Gasteiger partial charge in [0, 0.05) is 30.4 Å². The molecule has 0 fully saturated rings. The van der Waals surface area contributed by atoms with Crippen molar-refractivity contribution in [2.24, 2.45) is 0 Å². The fourth-order valence-electron chi connectivity index (χ4n) is 1.62. The highest BCUT2D eigenvalue weighted by Crippen LogP contribution is 2.31. The molecular weight excluding hydrogens is 366 g/mol. The summed E-state index contributed by atoms with van der Waals surface area (Å²) in [7, 11) is -3.54. The Balaban J connectivity index is 1.91. The maximum absolute atomic E-state index is 12.1. The van der Waals surface area contributed by atoms with Gasteiger partial charge in [0.05, 0.1) is 16.7 Å². The number of nitrogens with zero attached hydrogens (tertiary/aromatic N) is 2. The fourth-order valence-corrected chi connectivity index (χ4v) is 5.24. The second-order valence-electron chi connectivity index (χ2n) is 4.06. The molecule has 0 atom stereocenters. The van der Waals surface area contributed by atoms with Crippen LogP contribution in [0.25, 0.3) is 0 Å². The molecule has 0 amide bonds. The maximum atomic E-state index is 12.1. The Labute approximate surface area is 129 Å². The van der Waals surface area contributed by atoms with Gasteiger partial charge in [-0.1, -0.05) is 0 Å². The predicted octanol–water partition coefficient (Wildman–Crippen LogP) is 1.57. The number of aliphatic hydroxyl groups excluding tert-OH is 1. The van der Waals surface area contributed by atoms with Crippen molar-refractivity contribution in [3.05, 3.63) is 33.5 Å². The second kappa shape index (κ2) is 6.81. The first-order valence-corrected chi connectivity index (χ1v) is 8.96. The summed E-state index contributed by atoms with van der Waals surface area (Å²) in [6.07, 6.45) is 5.88. The molecule has 0 bridgehead atoms. The lowest BCUT2D eigenvalue weighted by Gasteiger charge is -2.06. The van der Waals surface area contributed by atoms with Crippen molar-refractivity contribution in [2.75, 3.05) is 6.54 Å². The van der Waals surface area contributed by atoms with Gasteiger partial charge in [0.1, 0.15) is 4.90 Å². The molecule has 6 nitrogen and oxygen atoms in total. The Kier molecular flexibility index (Phi) is 5.33. The molecule has 2 rings (SSSR count). The van der Waals surface area contributed by atoms with Gasteiger partial charge in [-0.05, 0) is 28.4 Å². The van der Waals surface area contributed by atoms with Gasteiger partial charge in [0.25, 0.3) is 0 Å². The van der Waals surface area contributed by atoms with Crippen LogP contribution in [-0.2, 0) is 23.2 Å². The first-order chi connectivity index (χ1) is 9.53. The van der Waals surface area contributed by atoms with Crippen LogP contribution in [-0.4, -0.2) is 29.6 Å². The molecule has 2 aromatic heterocycles. The Bertz CT molecular complexity index is 653. The van der Waals surface area contributed by atoms with E-state index >= 15 is 0 Å².